The number of rotatable bonds is 14. The van der Waals surface area contributed by atoms with Gasteiger partial charge in [0.05, 0.1) is 0 Å². The number of nitrogens with zero attached hydrogens (tertiary/aromatic N) is 1. The second-order valence-corrected chi connectivity index (χ2v) is 47.0. The number of aryl methyl sites for hydroxylation is 7. The van der Waals surface area contributed by atoms with Crippen molar-refractivity contribution in [1.29, 1.82) is 0 Å². The van der Waals surface area contributed by atoms with E-state index in [9.17, 15) is 4.39 Å². The van der Waals surface area contributed by atoms with Crippen LogP contribution >= 0.6 is 11.6 Å². The zero-order valence-corrected chi connectivity index (χ0v) is 94.1. The number of halogens is 2. The lowest BCUT2D eigenvalue weighted by Crippen LogP contribution is -2.18. The molecule has 0 saturated heterocycles. The fraction of sp³-hybridized carbons (Fsp3) is 0.486. The summed E-state index contributed by atoms with van der Waals surface area (Å²) in [5, 5.41) is 3.54. The zero-order chi connectivity index (χ0) is 103. The Morgan fingerprint density at radius 2 is 0.657 bits per heavy atom. The van der Waals surface area contributed by atoms with Gasteiger partial charge in [-0.3, -0.25) is 0 Å². The lowest BCUT2D eigenvalue weighted by molar-refractivity contribution is 0.279. The molecule has 0 aliphatic heterocycles. The van der Waals surface area contributed by atoms with Gasteiger partial charge in [-0.05, 0) is 353 Å². The molecule has 3 heteroatoms. The first kappa shape index (κ1) is 114. The minimum atomic E-state index is -0.167. The van der Waals surface area contributed by atoms with E-state index in [1.54, 1.807) is 84.5 Å². The van der Waals surface area contributed by atoms with E-state index in [1.807, 2.05) is 42.5 Å². The molecule has 21 rings (SSSR count). The number of aromatic nitrogens is 1. The predicted octanol–water partition coefficient (Wildman–Crippen LogP) is 41.8. The Kier molecular flexibility index (Phi) is 46.4. The Morgan fingerprint density at radius 1 is 0.266 bits per heavy atom. The molecule has 12 aromatic carbocycles. The van der Waals surface area contributed by atoms with Crippen molar-refractivity contribution in [2.75, 3.05) is 0 Å². The van der Waals surface area contributed by atoms with Gasteiger partial charge < -0.3 is 4.57 Å². The molecule has 766 valence electrons. The maximum Gasteiger partial charge on any atom is 0.131 e. The van der Waals surface area contributed by atoms with Crippen LogP contribution in [0.4, 0.5) is 4.39 Å². The molecular weight excluding hydrogens is 1750 g/mol. The number of benzene rings is 12. The summed E-state index contributed by atoms with van der Waals surface area (Å²) in [5.41, 5.74) is 32.9. The molecule has 8 aliphatic rings. The van der Waals surface area contributed by atoms with E-state index in [0.29, 0.717) is 35.2 Å². The van der Waals surface area contributed by atoms with Crippen molar-refractivity contribution < 1.29 is 4.39 Å². The lowest BCUT2D eigenvalue weighted by Gasteiger charge is -2.28. The molecule has 0 amide bonds. The van der Waals surface area contributed by atoms with Crippen molar-refractivity contribution in [1.82, 2.24) is 4.57 Å². The van der Waals surface area contributed by atoms with Gasteiger partial charge in [0.25, 0.3) is 0 Å². The summed E-state index contributed by atoms with van der Waals surface area (Å²) >= 11 is 6.16. The van der Waals surface area contributed by atoms with Crippen LogP contribution in [0.3, 0.4) is 0 Å². The first-order chi connectivity index (χ1) is 68.9. The van der Waals surface area contributed by atoms with Crippen LogP contribution in [0.25, 0.3) is 44.1 Å². The molecule has 2 fully saturated rings. The second-order valence-electron chi connectivity index (χ2n) is 46.6. The maximum absolute atomic E-state index is 13.5. The minimum Gasteiger partial charge on any atom is -0.341 e. The third-order valence-electron chi connectivity index (χ3n) is 32.9. The fourth-order valence-corrected chi connectivity index (χ4v) is 23.5. The molecule has 143 heavy (non-hydrogen) atoms. The zero-order valence-electron chi connectivity index (χ0n) is 93.3. The van der Waals surface area contributed by atoms with Crippen LogP contribution in [0.15, 0.2) is 273 Å². The van der Waals surface area contributed by atoms with Crippen LogP contribution < -0.4 is 0 Å². The van der Waals surface area contributed by atoms with E-state index in [0.717, 1.165) is 93.7 Å². The summed E-state index contributed by atoms with van der Waals surface area (Å²) in [6.45, 7) is 53.6. The highest BCUT2D eigenvalue weighted by Gasteiger charge is 2.28. The van der Waals surface area contributed by atoms with Crippen molar-refractivity contribution in [2.24, 2.45) is 59.2 Å². The molecule has 0 N–H and O–H groups in total. The Labute approximate surface area is 876 Å². The summed E-state index contributed by atoms with van der Waals surface area (Å²) in [4.78, 5) is 0. The van der Waals surface area contributed by atoms with E-state index in [2.05, 4.69) is 376 Å². The molecule has 0 radical (unpaired) electrons. The molecule has 1 heterocycles. The van der Waals surface area contributed by atoms with Gasteiger partial charge in [0.1, 0.15) is 5.82 Å². The van der Waals surface area contributed by atoms with Crippen LogP contribution in [-0.2, 0) is 70.8 Å². The Hall–Kier alpha value is -9.34. The van der Waals surface area contributed by atoms with E-state index < -0.39 is 0 Å². The quantitative estimate of drug-likeness (QED) is 0.102. The monoisotopic (exact) mass is 1940 g/mol. The van der Waals surface area contributed by atoms with Crippen molar-refractivity contribution >= 4 is 33.4 Å². The van der Waals surface area contributed by atoms with Crippen molar-refractivity contribution in [3.05, 3.63) is 378 Å². The van der Waals surface area contributed by atoms with Crippen LogP contribution in [0.2, 0.25) is 5.02 Å². The number of hydrogen-bond donors (Lipinski definition) is 0. The van der Waals surface area contributed by atoms with E-state index in [-0.39, 0.29) is 5.82 Å². The molecular formula is C140H187ClFN. The molecule has 0 spiro atoms. The van der Waals surface area contributed by atoms with E-state index >= 15 is 0 Å². The van der Waals surface area contributed by atoms with E-state index in [1.165, 1.54) is 229 Å². The molecule has 3 atom stereocenters. The number of hydrogen-bond acceptors (Lipinski definition) is 0. The summed E-state index contributed by atoms with van der Waals surface area (Å²) in [6.07, 6.45) is 37.5. The Bertz CT molecular complexity index is 5760. The molecule has 1 aromatic heterocycles. The summed E-state index contributed by atoms with van der Waals surface area (Å²) in [5.74, 6) is 13.5. The summed E-state index contributed by atoms with van der Waals surface area (Å²) < 4.78 is 15.9. The van der Waals surface area contributed by atoms with Crippen LogP contribution in [0.1, 0.15) is 404 Å². The first-order valence-corrected chi connectivity index (χ1v) is 57.5. The molecule has 13 aromatic rings. The number of fused-ring (bicyclic) bond motifs is 9. The van der Waals surface area contributed by atoms with Crippen molar-refractivity contribution in [2.45, 2.75) is 381 Å². The standard InChI is InChI=1S/C17H19N.C15H15Cl.C15H15F.4C13H18.2C12H16.C9H18.C8H16/c1-4-18-16-8-6-5-7-14(16)15-10-9-13(12(2)3)11-17(15)18;2*1-11(2)12-7-9-13(10-8-12)14-5-3-4-6-15(14)16;2*1-10(2)12-9-5-7-11-6-3-4-8-13(11)12;2*1-10(2)12-8-7-11-5-3-4-6-13(11)9-12;1-9(2)12-7-10-5-3-4-6-11(10)8-12;1-9(2)11-8-7-10-5-3-4-6-12(10)11;1-8(2)9-6-4-3-5-7-9;1-7(2)8-5-3-4-6-8/h5-12H,4H2,1-3H3;2*3-11H,1-2H3;5,7,9-10H,3-4,6,8H2,1-2H3;3-4,6,8,10,12H,5,7,9H2,1-2H3;7-10H,3-6H2,1-2H3;3-6,10,12H,7-9H2,1-2H3;3-6,9,12H,7-8H2,1-2H3;3-6,9,11H,7-8H2,1-2H3;8-9H,3-7H2,1-2H3;7-8H,3-6H2,1-2H3. The maximum atomic E-state index is 13.5. The predicted molar refractivity (Wildman–Crippen MR) is 627 cm³/mol. The molecule has 1 nitrogen and oxygen atoms in total. The largest absolute Gasteiger partial charge is 0.341 e. The third-order valence-corrected chi connectivity index (χ3v) is 33.2. The normalized spacial score (nSPS) is 16.7. The fourth-order valence-electron chi connectivity index (χ4n) is 23.3. The summed E-state index contributed by atoms with van der Waals surface area (Å²) in [7, 11) is 0. The third kappa shape index (κ3) is 33.9. The van der Waals surface area contributed by atoms with Gasteiger partial charge in [0, 0.05) is 44.5 Å². The van der Waals surface area contributed by atoms with Gasteiger partial charge >= 0.3 is 0 Å². The van der Waals surface area contributed by atoms with Gasteiger partial charge in [-0.25, -0.2) is 4.39 Å². The molecule has 3 unspecified atom stereocenters. The highest BCUT2D eigenvalue weighted by atomic mass is 35.5. The topological polar surface area (TPSA) is 4.93 Å². The average molecular weight is 1940 g/mol. The van der Waals surface area contributed by atoms with Crippen LogP contribution in [0.5, 0.6) is 0 Å². The summed E-state index contributed by atoms with van der Waals surface area (Å²) in [6, 6.07) is 96.6. The minimum absolute atomic E-state index is 0.167. The molecule has 0 bridgehead atoms. The van der Waals surface area contributed by atoms with Gasteiger partial charge in [0.15, 0.2) is 0 Å². The average Bonchev–Trinajstić information content (AvgIpc) is 1.61. The highest BCUT2D eigenvalue weighted by molar-refractivity contribution is 6.33. The smallest absolute Gasteiger partial charge is 0.131 e. The molecule has 8 aliphatic carbocycles. The Morgan fingerprint density at radius 3 is 1.17 bits per heavy atom. The second kappa shape index (κ2) is 58.3. The lowest BCUT2D eigenvalue weighted by atomic mass is 9.77. The molecule has 2 saturated carbocycles. The van der Waals surface area contributed by atoms with Crippen molar-refractivity contribution in [3.8, 4) is 22.3 Å². The van der Waals surface area contributed by atoms with Gasteiger partial charge in [0.2, 0.25) is 0 Å². The van der Waals surface area contributed by atoms with Crippen LogP contribution in [0, 0.1) is 65.0 Å². The SMILES string of the molecule is CC(C)C1CCCC1.CC(C)C1CCCCC1.CC(C)C1CCCc2ccccc21.CC(C)C1CCc2ccccc21.CC(C)C1CCc2ccccc2C1.CC(C)C1Cc2ccccc2C1.CC(C)c1ccc(-c2ccccc2Cl)cc1.CC(C)c1ccc(-c2ccccc2F)cc1.CC(C)c1ccc2c(c1)CCCC2.CC(C)c1cccc2c1CCCC2.CCn1c2ccccc2c2ccc(C(C)C)cc21. The Balaban J connectivity index is 0.000000151. The van der Waals surface area contributed by atoms with Crippen LogP contribution in [-0.4, -0.2) is 4.57 Å². The first-order valence-electron chi connectivity index (χ1n) is 57.1. The number of para-hydroxylation sites is 1. The van der Waals surface area contributed by atoms with Gasteiger partial charge in [-0.1, -0.05) is 470 Å². The van der Waals surface area contributed by atoms with E-state index in [4.69, 9.17) is 11.6 Å². The van der Waals surface area contributed by atoms with Gasteiger partial charge in [-0.15, -0.1) is 0 Å². The highest BCUT2D eigenvalue weighted by Crippen LogP contribution is 2.42. The van der Waals surface area contributed by atoms with Crippen molar-refractivity contribution in [3.63, 3.8) is 0 Å². The van der Waals surface area contributed by atoms with Gasteiger partial charge in [-0.2, -0.15) is 0 Å².